The van der Waals surface area contributed by atoms with E-state index in [4.69, 9.17) is 9.47 Å². The van der Waals surface area contributed by atoms with Crippen LogP contribution in [0, 0.1) is 5.92 Å². The average Bonchev–Trinajstić information content (AvgIpc) is 2.69. The molecule has 0 aliphatic carbocycles. The zero-order chi connectivity index (χ0) is 11.5. The van der Waals surface area contributed by atoms with Gasteiger partial charge in [0, 0.05) is 10.0 Å². The fourth-order valence-electron chi connectivity index (χ4n) is 1.81. The molecule has 0 saturated heterocycles. The second-order valence-electron chi connectivity index (χ2n) is 4.32. The molecule has 3 heteroatoms. The van der Waals surface area contributed by atoms with Crippen LogP contribution >= 0.6 is 15.9 Å². The summed E-state index contributed by atoms with van der Waals surface area (Å²) in [6, 6.07) is 6.21. The van der Waals surface area contributed by atoms with Crippen LogP contribution in [0.2, 0.25) is 0 Å². The molecule has 0 aromatic heterocycles. The molecule has 0 spiro atoms. The van der Waals surface area contributed by atoms with Crippen LogP contribution in [-0.2, 0) is 15.9 Å². The lowest BCUT2D eigenvalue weighted by atomic mass is 9.98. The van der Waals surface area contributed by atoms with Crippen LogP contribution in [0.25, 0.3) is 0 Å². The van der Waals surface area contributed by atoms with E-state index in [2.05, 4.69) is 41.9 Å². The molecular formula is C13H15BrO2. The first-order chi connectivity index (χ1) is 7.66. The second kappa shape index (κ2) is 4.91. The van der Waals surface area contributed by atoms with E-state index >= 15 is 0 Å². The minimum absolute atomic E-state index is 0.276. The first kappa shape index (κ1) is 11.5. The molecule has 16 heavy (non-hydrogen) atoms. The van der Waals surface area contributed by atoms with E-state index in [1.807, 2.05) is 6.07 Å². The number of rotatable bonds is 3. The van der Waals surface area contributed by atoms with Crippen LogP contribution in [0.1, 0.15) is 31.3 Å². The Labute approximate surface area is 104 Å². The van der Waals surface area contributed by atoms with E-state index in [1.165, 1.54) is 5.56 Å². The summed E-state index contributed by atoms with van der Waals surface area (Å²) in [4.78, 5) is 0. The molecule has 0 bridgehead atoms. The highest BCUT2D eigenvalue weighted by atomic mass is 79.9. The van der Waals surface area contributed by atoms with E-state index in [0.717, 1.165) is 16.5 Å². The van der Waals surface area contributed by atoms with Gasteiger partial charge in [-0.2, -0.15) is 0 Å². The molecule has 0 atom stereocenters. The van der Waals surface area contributed by atoms with Crippen molar-refractivity contribution in [2.75, 3.05) is 0 Å². The van der Waals surface area contributed by atoms with Gasteiger partial charge < -0.3 is 9.47 Å². The van der Waals surface area contributed by atoms with Crippen molar-refractivity contribution in [3.63, 3.8) is 0 Å². The largest absolute Gasteiger partial charge is 0.455 e. The Bertz CT molecular complexity index is 391. The molecule has 86 valence electrons. The number of halogens is 1. The van der Waals surface area contributed by atoms with Gasteiger partial charge in [0.1, 0.15) is 12.5 Å². The van der Waals surface area contributed by atoms with E-state index < -0.39 is 0 Å². The van der Waals surface area contributed by atoms with Crippen molar-refractivity contribution in [1.82, 2.24) is 0 Å². The molecule has 0 radical (unpaired) electrons. The first-order valence-electron chi connectivity index (χ1n) is 5.41. The molecule has 1 aliphatic heterocycles. The normalized spacial score (nSPS) is 15.2. The van der Waals surface area contributed by atoms with Crippen LogP contribution in [-0.4, -0.2) is 0 Å². The Morgan fingerprint density at radius 1 is 1.25 bits per heavy atom. The Morgan fingerprint density at radius 3 is 2.56 bits per heavy atom. The van der Waals surface area contributed by atoms with Gasteiger partial charge in [0.15, 0.2) is 0 Å². The zero-order valence-electron chi connectivity index (χ0n) is 9.44. The van der Waals surface area contributed by atoms with E-state index in [9.17, 15) is 0 Å². The summed E-state index contributed by atoms with van der Waals surface area (Å²) in [6.07, 6.45) is 3.93. The van der Waals surface area contributed by atoms with Gasteiger partial charge >= 0.3 is 0 Å². The Morgan fingerprint density at radius 2 is 1.94 bits per heavy atom. The number of ether oxygens (including phenoxy) is 2. The summed E-state index contributed by atoms with van der Waals surface area (Å²) in [6.45, 7) is 4.42. The summed E-state index contributed by atoms with van der Waals surface area (Å²) < 4.78 is 11.9. The van der Waals surface area contributed by atoms with E-state index in [-0.39, 0.29) is 6.29 Å². The average molecular weight is 283 g/mol. The molecule has 1 aliphatic rings. The number of hydrogen-bond acceptors (Lipinski definition) is 2. The molecule has 0 fully saturated rings. The first-order valence-corrected chi connectivity index (χ1v) is 6.20. The van der Waals surface area contributed by atoms with Crippen molar-refractivity contribution in [3.05, 3.63) is 46.3 Å². The van der Waals surface area contributed by atoms with Crippen molar-refractivity contribution < 1.29 is 9.47 Å². The lowest BCUT2D eigenvalue weighted by molar-refractivity contribution is -0.0253. The quantitative estimate of drug-likeness (QED) is 0.829. The third-order valence-electron chi connectivity index (χ3n) is 2.45. The van der Waals surface area contributed by atoms with Crippen molar-refractivity contribution >= 4 is 15.9 Å². The SMILES string of the molecule is CC(C)Cc1cc(Br)ccc1C1OC=CO1. The molecule has 0 N–H and O–H groups in total. The highest BCUT2D eigenvalue weighted by molar-refractivity contribution is 9.10. The maximum atomic E-state index is 5.38. The van der Waals surface area contributed by atoms with Gasteiger partial charge in [0.05, 0.1) is 0 Å². The van der Waals surface area contributed by atoms with Crippen molar-refractivity contribution in [1.29, 1.82) is 0 Å². The van der Waals surface area contributed by atoms with Crippen LogP contribution in [0.5, 0.6) is 0 Å². The minimum atomic E-state index is -0.276. The minimum Gasteiger partial charge on any atom is -0.455 e. The predicted molar refractivity (Wildman–Crippen MR) is 66.7 cm³/mol. The monoisotopic (exact) mass is 282 g/mol. The van der Waals surface area contributed by atoms with Gasteiger partial charge in [0.2, 0.25) is 0 Å². The van der Waals surface area contributed by atoms with Crippen LogP contribution < -0.4 is 0 Å². The van der Waals surface area contributed by atoms with Gasteiger partial charge in [-0.3, -0.25) is 0 Å². The molecule has 0 unspecified atom stereocenters. The summed E-state index contributed by atoms with van der Waals surface area (Å²) in [5, 5.41) is 0. The fourth-order valence-corrected chi connectivity index (χ4v) is 2.21. The molecule has 0 amide bonds. The molecular weight excluding hydrogens is 268 g/mol. The van der Waals surface area contributed by atoms with Gasteiger partial charge in [0.25, 0.3) is 6.29 Å². The van der Waals surface area contributed by atoms with Crippen LogP contribution in [0.3, 0.4) is 0 Å². The van der Waals surface area contributed by atoms with Crippen LogP contribution in [0.15, 0.2) is 35.2 Å². The summed E-state index contributed by atoms with van der Waals surface area (Å²) in [5.41, 5.74) is 2.39. The van der Waals surface area contributed by atoms with Crippen molar-refractivity contribution in [3.8, 4) is 0 Å². The maximum Gasteiger partial charge on any atom is 0.266 e. The summed E-state index contributed by atoms with van der Waals surface area (Å²) in [5.74, 6) is 0.613. The van der Waals surface area contributed by atoms with E-state index in [0.29, 0.717) is 5.92 Å². The standard InChI is InChI=1S/C13H15BrO2/c1-9(2)7-10-8-11(14)3-4-12(10)13-15-5-6-16-13/h3-6,8-9,13H,7H2,1-2H3. The van der Waals surface area contributed by atoms with Crippen LogP contribution in [0.4, 0.5) is 0 Å². The van der Waals surface area contributed by atoms with Crippen molar-refractivity contribution in [2.24, 2.45) is 5.92 Å². The van der Waals surface area contributed by atoms with E-state index in [1.54, 1.807) is 12.5 Å². The van der Waals surface area contributed by atoms with Gasteiger partial charge in [-0.25, -0.2) is 0 Å². The molecule has 1 heterocycles. The molecule has 2 rings (SSSR count). The molecule has 1 aromatic carbocycles. The lowest BCUT2D eigenvalue weighted by Crippen LogP contribution is -2.05. The fraction of sp³-hybridized carbons (Fsp3) is 0.385. The smallest absolute Gasteiger partial charge is 0.266 e. The molecule has 0 saturated carbocycles. The highest BCUT2D eigenvalue weighted by Gasteiger charge is 2.19. The van der Waals surface area contributed by atoms with Crippen molar-refractivity contribution in [2.45, 2.75) is 26.6 Å². The highest BCUT2D eigenvalue weighted by Crippen LogP contribution is 2.30. The van der Waals surface area contributed by atoms with Gasteiger partial charge in [-0.05, 0) is 30.0 Å². The molecule has 2 nitrogen and oxygen atoms in total. The van der Waals surface area contributed by atoms with Gasteiger partial charge in [-0.1, -0.05) is 35.8 Å². The number of benzene rings is 1. The Balaban J connectivity index is 2.28. The zero-order valence-corrected chi connectivity index (χ0v) is 11.0. The van der Waals surface area contributed by atoms with Gasteiger partial charge in [-0.15, -0.1) is 0 Å². The maximum absolute atomic E-state index is 5.38. The number of hydrogen-bond donors (Lipinski definition) is 0. The lowest BCUT2D eigenvalue weighted by Gasteiger charge is -2.16. The molecule has 1 aromatic rings. The Hall–Kier alpha value is -0.960. The topological polar surface area (TPSA) is 18.5 Å². The predicted octanol–water partition coefficient (Wildman–Crippen LogP) is 4.16. The summed E-state index contributed by atoms with van der Waals surface area (Å²) >= 11 is 3.50. The third-order valence-corrected chi connectivity index (χ3v) is 2.94. The third kappa shape index (κ3) is 2.59. The second-order valence-corrected chi connectivity index (χ2v) is 5.23. The summed E-state index contributed by atoms with van der Waals surface area (Å²) in [7, 11) is 0. The Kier molecular flexibility index (Phi) is 3.54.